The molecule has 0 aliphatic carbocycles. The van der Waals surface area contributed by atoms with Crippen LogP contribution in [0.2, 0.25) is 0 Å². The molecule has 1 aliphatic heterocycles. The number of carbonyl (C=O) groups is 1. The molecular formula is C13H18FN3O. The Kier molecular flexibility index (Phi) is 4.15. The molecule has 1 aromatic carbocycles. The summed E-state index contributed by atoms with van der Waals surface area (Å²) >= 11 is 0. The maximum Gasteiger partial charge on any atom is 0.221 e. The lowest BCUT2D eigenvalue weighted by atomic mass is 10.1. The van der Waals surface area contributed by atoms with E-state index in [1.807, 2.05) is 0 Å². The fraction of sp³-hybridized carbons (Fsp3) is 0.462. The highest BCUT2D eigenvalue weighted by atomic mass is 19.1. The summed E-state index contributed by atoms with van der Waals surface area (Å²) in [6.45, 7) is 3.33. The zero-order chi connectivity index (χ0) is 13.0. The third-order valence-corrected chi connectivity index (χ3v) is 2.94. The Labute approximate surface area is 106 Å². The van der Waals surface area contributed by atoms with Crippen LogP contribution in [-0.4, -0.2) is 25.0 Å². The average Bonchev–Trinajstić information content (AvgIpc) is 2.34. The SMILES string of the molecule is CC(=O)Nc1cc(NC2CCCNC2)ccc1F. The third kappa shape index (κ3) is 3.43. The first kappa shape index (κ1) is 12.8. The zero-order valence-corrected chi connectivity index (χ0v) is 10.4. The lowest BCUT2D eigenvalue weighted by molar-refractivity contribution is -0.114. The van der Waals surface area contributed by atoms with Crippen LogP contribution in [0, 0.1) is 5.82 Å². The highest BCUT2D eigenvalue weighted by Crippen LogP contribution is 2.21. The quantitative estimate of drug-likeness (QED) is 0.769. The van der Waals surface area contributed by atoms with Crippen molar-refractivity contribution in [2.75, 3.05) is 23.7 Å². The summed E-state index contributed by atoms with van der Waals surface area (Å²) in [4.78, 5) is 11.0. The molecule has 1 aliphatic rings. The van der Waals surface area contributed by atoms with Gasteiger partial charge in [0.05, 0.1) is 5.69 Å². The number of nitrogens with one attached hydrogen (secondary N) is 3. The van der Waals surface area contributed by atoms with E-state index in [0.717, 1.165) is 31.6 Å². The van der Waals surface area contributed by atoms with Crippen LogP contribution >= 0.6 is 0 Å². The van der Waals surface area contributed by atoms with Gasteiger partial charge in [-0.25, -0.2) is 4.39 Å². The number of halogens is 1. The van der Waals surface area contributed by atoms with E-state index in [0.29, 0.717) is 6.04 Å². The van der Waals surface area contributed by atoms with Crippen LogP contribution in [0.15, 0.2) is 18.2 Å². The van der Waals surface area contributed by atoms with Crippen molar-refractivity contribution in [3.05, 3.63) is 24.0 Å². The summed E-state index contributed by atoms with van der Waals surface area (Å²) in [5.74, 6) is -0.692. The fourth-order valence-electron chi connectivity index (χ4n) is 2.11. The van der Waals surface area contributed by atoms with Gasteiger partial charge in [0.2, 0.25) is 5.91 Å². The Morgan fingerprint density at radius 2 is 2.33 bits per heavy atom. The molecule has 1 atom stereocenters. The van der Waals surface area contributed by atoms with E-state index in [1.54, 1.807) is 12.1 Å². The van der Waals surface area contributed by atoms with Gasteiger partial charge in [-0.3, -0.25) is 4.79 Å². The summed E-state index contributed by atoms with van der Waals surface area (Å²) < 4.78 is 13.5. The first-order chi connectivity index (χ1) is 8.65. The number of hydrogen-bond acceptors (Lipinski definition) is 3. The molecule has 1 amide bonds. The van der Waals surface area contributed by atoms with Crippen LogP contribution < -0.4 is 16.0 Å². The highest BCUT2D eigenvalue weighted by Gasteiger charge is 2.13. The van der Waals surface area contributed by atoms with Crippen molar-refractivity contribution in [3.8, 4) is 0 Å². The number of anilines is 2. The Morgan fingerprint density at radius 1 is 1.50 bits per heavy atom. The molecule has 4 nitrogen and oxygen atoms in total. The zero-order valence-electron chi connectivity index (χ0n) is 10.4. The van der Waals surface area contributed by atoms with Crippen LogP contribution in [0.25, 0.3) is 0 Å². The minimum atomic E-state index is -0.419. The molecule has 0 spiro atoms. The third-order valence-electron chi connectivity index (χ3n) is 2.94. The van der Waals surface area contributed by atoms with Gasteiger partial charge in [-0.05, 0) is 37.6 Å². The number of benzene rings is 1. The van der Waals surface area contributed by atoms with Gasteiger partial charge < -0.3 is 16.0 Å². The molecule has 1 unspecified atom stereocenters. The second-order valence-electron chi connectivity index (χ2n) is 4.56. The Morgan fingerprint density at radius 3 is 3.00 bits per heavy atom. The normalized spacial score (nSPS) is 19.3. The molecule has 1 aromatic rings. The van der Waals surface area contributed by atoms with Crippen LogP contribution in [-0.2, 0) is 4.79 Å². The van der Waals surface area contributed by atoms with Gasteiger partial charge in [0, 0.05) is 25.2 Å². The predicted molar refractivity (Wildman–Crippen MR) is 70.2 cm³/mol. The topological polar surface area (TPSA) is 53.2 Å². The van der Waals surface area contributed by atoms with Crippen LogP contribution in [0.1, 0.15) is 19.8 Å². The van der Waals surface area contributed by atoms with Gasteiger partial charge >= 0.3 is 0 Å². The number of piperidine rings is 1. The maximum absolute atomic E-state index is 13.5. The van der Waals surface area contributed by atoms with E-state index in [1.165, 1.54) is 13.0 Å². The van der Waals surface area contributed by atoms with Gasteiger partial charge in [0.15, 0.2) is 0 Å². The molecule has 0 radical (unpaired) electrons. The van der Waals surface area contributed by atoms with Crippen LogP contribution in [0.5, 0.6) is 0 Å². The molecule has 1 saturated heterocycles. The van der Waals surface area contributed by atoms with Crippen LogP contribution in [0.3, 0.4) is 0 Å². The van der Waals surface area contributed by atoms with Crippen molar-refractivity contribution in [2.45, 2.75) is 25.8 Å². The first-order valence-electron chi connectivity index (χ1n) is 6.19. The Balaban J connectivity index is 2.05. The minimum absolute atomic E-state index is 0.219. The van der Waals surface area contributed by atoms with Crippen molar-refractivity contribution >= 4 is 17.3 Å². The van der Waals surface area contributed by atoms with Gasteiger partial charge in [-0.15, -0.1) is 0 Å². The lowest BCUT2D eigenvalue weighted by Gasteiger charge is -2.25. The van der Waals surface area contributed by atoms with E-state index in [2.05, 4.69) is 16.0 Å². The molecular weight excluding hydrogens is 233 g/mol. The summed E-state index contributed by atoms with van der Waals surface area (Å²) in [5, 5.41) is 9.13. The van der Waals surface area contributed by atoms with Crippen molar-refractivity contribution in [1.29, 1.82) is 0 Å². The lowest BCUT2D eigenvalue weighted by Crippen LogP contribution is -2.38. The van der Waals surface area contributed by atoms with Crippen LogP contribution in [0.4, 0.5) is 15.8 Å². The number of carbonyl (C=O) groups excluding carboxylic acids is 1. The summed E-state index contributed by atoms with van der Waals surface area (Å²) in [7, 11) is 0. The van der Waals surface area contributed by atoms with E-state index in [4.69, 9.17) is 0 Å². The Bertz CT molecular complexity index is 430. The molecule has 18 heavy (non-hydrogen) atoms. The molecule has 0 bridgehead atoms. The average molecular weight is 251 g/mol. The molecule has 0 aromatic heterocycles. The molecule has 3 N–H and O–H groups in total. The monoisotopic (exact) mass is 251 g/mol. The highest BCUT2D eigenvalue weighted by molar-refractivity contribution is 5.89. The second kappa shape index (κ2) is 5.82. The summed E-state index contributed by atoms with van der Waals surface area (Å²) in [6, 6.07) is 5.04. The predicted octanol–water partition coefficient (Wildman–Crippen LogP) is 1.95. The van der Waals surface area contributed by atoms with Crippen molar-refractivity contribution < 1.29 is 9.18 Å². The standard InChI is InChI=1S/C13H18FN3O/c1-9(18)16-13-7-10(4-5-12(13)14)17-11-3-2-6-15-8-11/h4-5,7,11,15,17H,2-3,6,8H2,1H3,(H,16,18). The summed E-state index contributed by atoms with van der Waals surface area (Å²) in [6.07, 6.45) is 2.23. The number of amides is 1. The molecule has 98 valence electrons. The molecule has 0 saturated carbocycles. The minimum Gasteiger partial charge on any atom is -0.381 e. The van der Waals surface area contributed by atoms with Crippen molar-refractivity contribution in [2.24, 2.45) is 0 Å². The van der Waals surface area contributed by atoms with Gasteiger partial charge in [-0.1, -0.05) is 0 Å². The first-order valence-corrected chi connectivity index (χ1v) is 6.19. The maximum atomic E-state index is 13.5. The second-order valence-corrected chi connectivity index (χ2v) is 4.56. The molecule has 1 heterocycles. The van der Waals surface area contributed by atoms with E-state index in [9.17, 15) is 9.18 Å². The Hall–Kier alpha value is -1.62. The number of hydrogen-bond donors (Lipinski definition) is 3. The largest absolute Gasteiger partial charge is 0.381 e. The van der Waals surface area contributed by atoms with E-state index >= 15 is 0 Å². The summed E-state index contributed by atoms with van der Waals surface area (Å²) in [5.41, 5.74) is 1.05. The smallest absolute Gasteiger partial charge is 0.221 e. The van der Waals surface area contributed by atoms with Gasteiger partial charge in [-0.2, -0.15) is 0 Å². The molecule has 5 heteroatoms. The van der Waals surface area contributed by atoms with Crippen molar-refractivity contribution in [3.63, 3.8) is 0 Å². The van der Waals surface area contributed by atoms with Crippen molar-refractivity contribution in [1.82, 2.24) is 5.32 Å². The fourth-order valence-corrected chi connectivity index (χ4v) is 2.11. The van der Waals surface area contributed by atoms with Gasteiger partial charge in [0.25, 0.3) is 0 Å². The van der Waals surface area contributed by atoms with E-state index < -0.39 is 5.82 Å². The molecule has 2 rings (SSSR count). The number of rotatable bonds is 3. The molecule has 1 fully saturated rings. The van der Waals surface area contributed by atoms with E-state index in [-0.39, 0.29) is 11.6 Å². The van der Waals surface area contributed by atoms with Gasteiger partial charge in [0.1, 0.15) is 5.82 Å².